The first-order valence-electron chi connectivity index (χ1n) is 11.4. The van der Waals surface area contributed by atoms with Gasteiger partial charge < -0.3 is 20.3 Å². The maximum Gasteiger partial charge on any atom is 0.246 e. The molecule has 7 heteroatoms. The van der Waals surface area contributed by atoms with E-state index >= 15 is 0 Å². The standard InChI is InChI=1S/C25H33N5O2/c1-26-25(28-18-24(31)30-16-13-19-7-3-4-8-22(19)30)27-17-23(29-14-5-6-15-29)20-9-11-21(32-2)12-10-20/h3-4,7-12,23H,5-6,13-18H2,1-2H3,(H2,26,27,28). The largest absolute Gasteiger partial charge is 0.497 e. The van der Waals surface area contributed by atoms with Crippen molar-refractivity contribution in [3.63, 3.8) is 0 Å². The van der Waals surface area contributed by atoms with E-state index < -0.39 is 0 Å². The average molecular weight is 436 g/mol. The number of fused-ring (bicyclic) bond motifs is 1. The molecule has 0 radical (unpaired) electrons. The summed E-state index contributed by atoms with van der Waals surface area (Å²) in [5.41, 5.74) is 3.51. The van der Waals surface area contributed by atoms with Gasteiger partial charge in [-0.05, 0) is 61.7 Å². The van der Waals surface area contributed by atoms with E-state index in [1.807, 2.05) is 35.2 Å². The van der Waals surface area contributed by atoms with Gasteiger partial charge in [-0.15, -0.1) is 0 Å². The molecule has 1 saturated heterocycles. The number of rotatable bonds is 7. The molecule has 32 heavy (non-hydrogen) atoms. The molecular formula is C25H33N5O2. The number of guanidine groups is 1. The summed E-state index contributed by atoms with van der Waals surface area (Å²) in [7, 11) is 3.43. The predicted octanol–water partition coefficient (Wildman–Crippen LogP) is 2.59. The molecule has 1 atom stereocenters. The van der Waals surface area contributed by atoms with Crippen LogP contribution in [0.4, 0.5) is 5.69 Å². The summed E-state index contributed by atoms with van der Waals surface area (Å²) in [6.45, 7) is 3.85. The fourth-order valence-electron chi connectivity index (χ4n) is 4.60. The smallest absolute Gasteiger partial charge is 0.246 e. The Morgan fingerprint density at radius 2 is 1.81 bits per heavy atom. The molecule has 0 bridgehead atoms. The molecule has 1 amide bonds. The summed E-state index contributed by atoms with van der Waals surface area (Å²) in [5, 5.41) is 6.64. The molecule has 2 N–H and O–H groups in total. The molecular weight excluding hydrogens is 402 g/mol. The van der Waals surface area contributed by atoms with Crippen LogP contribution in [-0.4, -0.2) is 63.6 Å². The minimum Gasteiger partial charge on any atom is -0.497 e. The van der Waals surface area contributed by atoms with Crippen LogP contribution in [0.25, 0.3) is 0 Å². The molecule has 2 aromatic carbocycles. The molecule has 2 aliphatic heterocycles. The first kappa shape index (κ1) is 22.1. The number of hydrogen-bond acceptors (Lipinski definition) is 4. The van der Waals surface area contributed by atoms with E-state index in [0.29, 0.717) is 12.5 Å². The predicted molar refractivity (Wildman–Crippen MR) is 128 cm³/mol. The van der Waals surface area contributed by atoms with Crippen molar-refractivity contribution in [3.8, 4) is 5.75 Å². The normalized spacial score (nSPS) is 17.2. The molecule has 7 nitrogen and oxygen atoms in total. The van der Waals surface area contributed by atoms with Crippen LogP contribution in [0.2, 0.25) is 0 Å². The van der Waals surface area contributed by atoms with E-state index in [1.165, 1.54) is 24.0 Å². The minimum atomic E-state index is 0.0594. The Hall–Kier alpha value is -3.06. The molecule has 2 aromatic rings. The number of nitrogens with one attached hydrogen (secondary N) is 2. The Balaban J connectivity index is 1.35. The second kappa shape index (κ2) is 10.5. The van der Waals surface area contributed by atoms with Crippen molar-refractivity contribution >= 4 is 17.6 Å². The minimum absolute atomic E-state index is 0.0594. The highest BCUT2D eigenvalue weighted by Gasteiger charge is 2.25. The zero-order chi connectivity index (χ0) is 22.3. The van der Waals surface area contributed by atoms with Gasteiger partial charge in [-0.2, -0.15) is 0 Å². The third-order valence-electron chi connectivity index (χ3n) is 6.36. The third kappa shape index (κ3) is 5.05. The van der Waals surface area contributed by atoms with Crippen LogP contribution >= 0.6 is 0 Å². The van der Waals surface area contributed by atoms with Crippen molar-refractivity contribution < 1.29 is 9.53 Å². The molecule has 1 fully saturated rings. The summed E-state index contributed by atoms with van der Waals surface area (Å²) in [6.07, 6.45) is 3.37. The Kier molecular flexibility index (Phi) is 7.27. The molecule has 4 rings (SSSR count). The van der Waals surface area contributed by atoms with Crippen LogP contribution in [0, 0.1) is 0 Å². The average Bonchev–Trinajstić information content (AvgIpc) is 3.52. The SMILES string of the molecule is CN=C(NCC(=O)N1CCc2ccccc21)NCC(c1ccc(OC)cc1)N1CCCC1. The van der Waals surface area contributed by atoms with Gasteiger partial charge in [0.05, 0.1) is 19.7 Å². The second-order valence-corrected chi connectivity index (χ2v) is 8.26. The van der Waals surface area contributed by atoms with Crippen molar-refractivity contribution in [2.45, 2.75) is 25.3 Å². The summed E-state index contributed by atoms with van der Waals surface area (Å²) in [5.74, 6) is 1.56. The summed E-state index contributed by atoms with van der Waals surface area (Å²) >= 11 is 0. The number of likely N-dealkylation sites (tertiary alicyclic amines) is 1. The van der Waals surface area contributed by atoms with E-state index in [-0.39, 0.29) is 18.5 Å². The molecule has 0 saturated carbocycles. The highest BCUT2D eigenvalue weighted by Crippen LogP contribution is 2.27. The number of aliphatic imine (C=N–C) groups is 1. The lowest BCUT2D eigenvalue weighted by Gasteiger charge is -2.29. The van der Waals surface area contributed by atoms with Crippen molar-refractivity contribution in [1.82, 2.24) is 15.5 Å². The van der Waals surface area contributed by atoms with Crippen molar-refractivity contribution in [2.75, 3.05) is 51.8 Å². The van der Waals surface area contributed by atoms with Crippen molar-refractivity contribution in [3.05, 3.63) is 59.7 Å². The van der Waals surface area contributed by atoms with Crippen molar-refractivity contribution in [2.24, 2.45) is 4.99 Å². The Morgan fingerprint density at radius 1 is 1.06 bits per heavy atom. The van der Waals surface area contributed by atoms with Crippen molar-refractivity contribution in [1.29, 1.82) is 0 Å². The Morgan fingerprint density at radius 3 is 2.53 bits per heavy atom. The first-order chi connectivity index (χ1) is 15.7. The maximum atomic E-state index is 12.8. The molecule has 170 valence electrons. The molecule has 1 unspecified atom stereocenters. The van der Waals surface area contributed by atoms with Gasteiger partial charge in [0.15, 0.2) is 5.96 Å². The summed E-state index contributed by atoms with van der Waals surface area (Å²) < 4.78 is 5.31. The van der Waals surface area contributed by atoms with Crippen LogP contribution in [0.5, 0.6) is 5.75 Å². The maximum absolute atomic E-state index is 12.8. The number of nitrogens with zero attached hydrogens (tertiary/aromatic N) is 3. The molecule has 0 aliphatic carbocycles. The number of ether oxygens (including phenoxy) is 1. The number of amides is 1. The lowest BCUT2D eigenvalue weighted by molar-refractivity contribution is -0.117. The fraction of sp³-hybridized carbons (Fsp3) is 0.440. The number of benzene rings is 2. The highest BCUT2D eigenvalue weighted by atomic mass is 16.5. The number of methoxy groups -OCH3 is 1. The third-order valence-corrected chi connectivity index (χ3v) is 6.36. The van der Waals surface area contributed by atoms with Crippen LogP contribution in [0.3, 0.4) is 0 Å². The topological polar surface area (TPSA) is 69.2 Å². The zero-order valence-electron chi connectivity index (χ0n) is 19.0. The highest BCUT2D eigenvalue weighted by molar-refractivity contribution is 5.98. The summed E-state index contributed by atoms with van der Waals surface area (Å²) in [6, 6.07) is 16.6. The number of carbonyl (C=O) groups excluding carboxylic acids is 1. The Bertz CT molecular complexity index is 938. The van der Waals surface area contributed by atoms with Gasteiger partial charge in [0, 0.05) is 25.8 Å². The van der Waals surface area contributed by atoms with E-state index in [9.17, 15) is 4.79 Å². The fourth-order valence-corrected chi connectivity index (χ4v) is 4.60. The monoisotopic (exact) mass is 435 g/mol. The number of hydrogen-bond donors (Lipinski definition) is 2. The molecule has 2 aliphatic rings. The second-order valence-electron chi connectivity index (χ2n) is 8.26. The van der Waals surface area contributed by atoms with Gasteiger partial charge in [-0.1, -0.05) is 30.3 Å². The van der Waals surface area contributed by atoms with Gasteiger partial charge in [-0.3, -0.25) is 14.7 Å². The Labute approximate surface area is 190 Å². The number of carbonyl (C=O) groups is 1. The lowest BCUT2D eigenvalue weighted by Crippen LogP contribution is -2.46. The van der Waals surface area contributed by atoms with Crippen LogP contribution in [0.1, 0.15) is 30.0 Å². The van der Waals surface area contributed by atoms with E-state index in [1.54, 1.807) is 14.2 Å². The van der Waals surface area contributed by atoms with E-state index in [0.717, 1.165) is 37.5 Å². The van der Waals surface area contributed by atoms with Crippen LogP contribution < -0.4 is 20.3 Å². The van der Waals surface area contributed by atoms with Gasteiger partial charge in [0.25, 0.3) is 0 Å². The molecule has 2 heterocycles. The van der Waals surface area contributed by atoms with Gasteiger partial charge in [0.2, 0.25) is 5.91 Å². The molecule has 0 spiro atoms. The molecule has 0 aromatic heterocycles. The first-order valence-corrected chi connectivity index (χ1v) is 11.4. The summed E-state index contributed by atoms with van der Waals surface area (Å²) in [4.78, 5) is 21.5. The van der Waals surface area contributed by atoms with Crippen LogP contribution in [0.15, 0.2) is 53.5 Å². The number of anilines is 1. The van der Waals surface area contributed by atoms with Gasteiger partial charge in [-0.25, -0.2) is 0 Å². The van der Waals surface area contributed by atoms with E-state index in [2.05, 4.69) is 38.7 Å². The van der Waals surface area contributed by atoms with Gasteiger partial charge >= 0.3 is 0 Å². The lowest BCUT2D eigenvalue weighted by atomic mass is 10.1. The number of para-hydroxylation sites is 1. The zero-order valence-corrected chi connectivity index (χ0v) is 19.0. The van der Waals surface area contributed by atoms with Gasteiger partial charge in [0.1, 0.15) is 5.75 Å². The van der Waals surface area contributed by atoms with Crippen LogP contribution in [-0.2, 0) is 11.2 Å². The van der Waals surface area contributed by atoms with E-state index in [4.69, 9.17) is 4.74 Å². The quantitative estimate of drug-likeness (QED) is 0.517.